The molecule has 1 unspecified atom stereocenters. The van der Waals surface area contributed by atoms with Crippen LogP contribution in [0.15, 0.2) is 42.5 Å². The van der Waals surface area contributed by atoms with Crippen LogP contribution < -0.4 is 10.1 Å². The van der Waals surface area contributed by atoms with Crippen LogP contribution in [0.4, 0.5) is 5.69 Å². The van der Waals surface area contributed by atoms with Crippen LogP contribution in [-0.2, 0) is 0 Å². The van der Waals surface area contributed by atoms with E-state index in [2.05, 4.69) is 24.4 Å². The first-order valence-corrected chi connectivity index (χ1v) is 7.29. The summed E-state index contributed by atoms with van der Waals surface area (Å²) in [5.74, 6) is 0.884. The minimum Gasteiger partial charge on any atom is -0.494 e. The quantitative estimate of drug-likeness (QED) is 0.780. The summed E-state index contributed by atoms with van der Waals surface area (Å²) in [6.07, 6.45) is 0. The molecule has 2 nitrogen and oxygen atoms in total. The Bertz CT molecular complexity index is 549. The molecular formula is C16H17Cl2NO. The fourth-order valence-corrected chi connectivity index (χ4v) is 2.52. The lowest BCUT2D eigenvalue weighted by Gasteiger charge is -2.16. The zero-order chi connectivity index (χ0) is 14.5. The predicted octanol–water partition coefficient (Wildman–Crippen LogP) is 5.57. The van der Waals surface area contributed by atoms with Gasteiger partial charge < -0.3 is 10.1 Å². The molecule has 4 heteroatoms. The predicted molar refractivity (Wildman–Crippen MR) is 86.1 cm³/mol. The second kappa shape index (κ2) is 6.87. The third kappa shape index (κ3) is 4.06. The van der Waals surface area contributed by atoms with Crippen LogP contribution in [0.1, 0.15) is 25.5 Å². The standard InChI is InChI=1S/C16H17Cl2NO/c1-3-20-16-6-4-12(5-7-16)11(2)19-15-9-13(17)8-14(18)10-15/h4-11,19H,3H2,1-2H3. The molecule has 2 aromatic rings. The van der Waals surface area contributed by atoms with Gasteiger partial charge in [-0.2, -0.15) is 0 Å². The van der Waals surface area contributed by atoms with Gasteiger partial charge in [0.2, 0.25) is 0 Å². The van der Waals surface area contributed by atoms with Gasteiger partial charge in [-0.15, -0.1) is 0 Å². The largest absolute Gasteiger partial charge is 0.494 e. The molecule has 0 spiro atoms. The molecule has 0 aliphatic carbocycles. The van der Waals surface area contributed by atoms with Crippen molar-refractivity contribution in [2.75, 3.05) is 11.9 Å². The van der Waals surface area contributed by atoms with Crippen molar-refractivity contribution in [3.05, 3.63) is 58.1 Å². The van der Waals surface area contributed by atoms with Crippen LogP contribution in [0.25, 0.3) is 0 Å². The van der Waals surface area contributed by atoms with Crippen molar-refractivity contribution < 1.29 is 4.74 Å². The maximum absolute atomic E-state index is 5.99. The Kier molecular flexibility index (Phi) is 5.16. The number of anilines is 1. The number of hydrogen-bond donors (Lipinski definition) is 1. The summed E-state index contributed by atoms with van der Waals surface area (Å²) >= 11 is 12.0. The molecule has 0 radical (unpaired) electrons. The Morgan fingerprint density at radius 3 is 2.20 bits per heavy atom. The molecule has 1 N–H and O–H groups in total. The average Bonchev–Trinajstić information content (AvgIpc) is 2.38. The molecule has 0 fully saturated rings. The minimum absolute atomic E-state index is 0.153. The van der Waals surface area contributed by atoms with Crippen molar-refractivity contribution in [1.82, 2.24) is 0 Å². The molecule has 0 saturated carbocycles. The van der Waals surface area contributed by atoms with Crippen molar-refractivity contribution in [2.24, 2.45) is 0 Å². The molecule has 2 rings (SSSR count). The zero-order valence-corrected chi connectivity index (χ0v) is 13.0. The van der Waals surface area contributed by atoms with Crippen molar-refractivity contribution >= 4 is 28.9 Å². The third-order valence-corrected chi connectivity index (χ3v) is 3.37. The first-order chi connectivity index (χ1) is 9.58. The highest BCUT2D eigenvalue weighted by molar-refractivity contribution is 6.35. The molecule has 1 atom stereocenters. The first-order valence-electron chi connectivity index (χ1n) is 6.54. The van der Waals surface area contributed by atoms with Gasteiger partial charge in [0, 0.05) is 21.8 Å². The lowest BCUT2D eigenvalue weighted by atomic mass is 10.1. The van der Waals surface area contributed by atoms with Gasteiger partial charge in [0.05, 0.1) is 6.61 Å². The van der Waals surface area contributed by atoms with Gasteiger partial charge >= 0.3 is 0 Å². The topological polar surface area (TPSA) is 21.3 Å². The van der Waals surface area contributed by atoms with Crippen LogP contribution in [0.2, 0.25) is 10.0 Å². The summed E-state index contributed by atoms with van der Waals surface area (Å²) in [4.78, 5) is 0. The molecule has 0 amide bonds. The number of benzene rings is 2. The lowest BCUT2D eigenvalue weighted by molar-refractivity contribution is 0.340. The second-order valence-electron chi connectivity index (χ2n) is 4.53. The van der Waals surface area contributed by atoms with Crippen LogP contribution in [0, 0.1) is 0 Å². The SMILES string of the molecule is CCOc1ccc(C(C)Nc2cc(Cl)cc(Cl)c2)cc1. The summed E-state index contributed by atoms with van der Waals surface area (Å²) in [6, 6.07) is 13.6. The van der Waals surface area contributed by atoms with E-state index in [0.29, 0.717) is 16.7 Å². The average molecular weight is 310 g/mol. The van der Waals surface area contributed by atoms with Gasteiger partial charge in [0.15, 0.2) is 0 Å². The fraction of sp³-hybridized carbons (Fsp3) is 0.250. The summed E-state index contributed by atoms with van der Waals surface area (Å²) in [5.41, 5.74) is 2.08. The number of ether oxygens (including phenoxy) is 1. The molecule has 0 aliphatic heterocycles. The van der Waals surface area contributed by atoms with E-state index >= 15 is 0 Å². The van der Waals surface area contributed by atoms with Gasteiger partial charge in [-0.05, 0) is 49.7 Å². The van der Waals surface area contributed by atoms with Crippen molar-refractivity contribution in [1.29, 1.82) is 0 Å². The van der Waals surface area contributed by atoms with E-state index in [1.165, 1.54) is 5.56 Å². The van der Waals surface area contributed by atoms with Gasteiger partial charge in [0.25, 0.3) is 0 Å². The first kappa shape index (κ1) is 15.0. The van der Waals surface area contributed by atoms with E-state index < -0.39 is 0 Å². The number of nitrogens with one attached hydrogen (secondary N) is 1. The Morgan fingerprint density at radius 2 is 1.65 bits per heavy atom. The van der Waals surface area contributed by atoms with E-state index in [0.717, 1.165) is 11.4 Å². The van der Waals surface area contributed by atoms with E-state index in [1.807, 2.05) is 31.2 Å². The van der Waals surface area contributed by atoms with Gasteiger partial charge in [-0.1, -0.05) is 35.3 Å². The maximum atomic E-state index is 5.99. The summed E-state index contributed by atoms with van der Waals surface area (Å²) < 4.78 is 5.44. The number of rotatable bonds is 5. The Balaban J connectivity index is 2.08. The van der Waals surface area contributed by atoms with Crippen LogP contribution in [0.3, 0.4) is 0 Å². The lowest BCUT2D eigenvalue weighted by Crippen LogP contribution is -2.06. The Morgan fingerprint density at radius 1 is 1.05 bits per heavy atom. The Labute approximate surface area is 129 Å². The van der Waals surface area contributed by atoms with Gasteiger partial charge in [-0.3, -0.25) is 0 Å². The van der Waals surface area contributed by atoms with E-state index in [-0.39, 0.29) is 6.04 Å². The van der Waals surface area contributed by atoms with E-state index in [4.69, 9.17) is 27.9 Å². The van der Waals surface area contributed by atoms with Gasteiger partial charge in [0.1, 0.15) is 5.75 Å². The van der Waals surface area contributed by atoms with Gasteiger partial charge in [-0.25, -0.2) is 0 Å². The zero-order valence-electron chi connectivity index (χ0n) is 11.5. The maximum Gasteiger partial charge on any atom is 0.119 e. The number of hydrogen-bond acceptors (Lipinski definition) is 2. The summed E-state index contributed by atoms with van der Waals surface area (Å²) in [5, 5.41) is 4.63. The van der Waals surface area contributed by atoms with E-state index in [1.54, 1.807) is 6.07 Å². The normalized spacial score (nSPS) is 12.0. The number of halogens is 2. The molecule has 0 aromatic heterocycles. The highest BCUT2D eigenvalue weighted by atomic mass is 35.5. The monoisotopic (exact) mass is 309 g/mol. The minimum atomic E-state index is 0.153. The van der Waals surface area contributed by atoms with Crippen LogP contribution >= 0.6 is 23.2 Å². The van der Waals surface area contributed by atoms with Crippen LogP contribution in [0.5, 0.6) is 5.75 Å². The molecule has 0 bridgehead atoms. The molecule has 0 heterocycles. The summed E-state index contributed by atoms with van der Waals surface area (Å²) in [7, 11) is 0. The van der Waals surface area contributed by atoms with E-state index in [9.17, 15) is 0 Å². The molecule has 20 heavy (non-hydrogen) atoms. The Hall–Kier alpha value is -1.38. The van der Waals surface area contributed by atoms with Crippen molar-refractivity contribution in [3.8, 4) is 5.75 Å². The molecular weight excluding hydrogens is 293 g/mol. The third-order valence-electron chi connectivity index (χ3n) is 2.94. The molecule has 0 aliphatic rings. The smallest absolute Gasteiger partial charge is 0.119 e. The molecule has 2 aromatic carbocycles. The molecule has 0 saturated heterocycles. The van der Waals surface area contributed by atoms with Crippen LogP contribution in [-0.4, -0.2) is 6.61 Å². The second-order valence-corrected chi connectivity index (χ2v) is 5.40. The highest BCUT2D eigenvalue weighted by Crippen LogP contribution is 2.26. The highest BCUT2D eigenvalue weighted by Gasteiger charge is 2.07. The van der Waals surface area contributed by atoms with Crippen molar-refractivity contribution in [2.45, 2.75) is 19.9 Å². The fourth-order valence-electron chi connectivity index (χ4n) is 1.99. The molecule has 106 valence electrons. The van der Waals surface area contributed by atoms with Crippen molar-refractivity contribution in [3.63, 3.8) is 0 Å². The summed E-state index contributed by atoms with van der Waals surface area (Å²) in [6.45, 7) is 4.74.